The molecule has 2 N–H and O–H groups in total. The first-order valence-corrected chi connectivity index (χ1v) is 5.71. The molecule has 0 amide bonds. The van der Waals surface area contributed by atoms with E-state index in [-0.39, 0.29) is 0 Å². The van der Waals surface area contributed by atoms with Crippen molar-refractivity contribution in [1.29, 1.82) is 0 Å². The third-order valence-corrected chi connectivity index (χ3v) is 2.71. The first kappa shape index (κ1) is 11.1. The predicted molar refractivity (Wildman–Crippen MR) is 63.6 cm³/mol. The highest BCUT2D eigenvalue weighted by molar-refractivity contribution is 5.39. The minimum absolute atomic E-state index is 0.599. The highest BCUT2D eigenvalue weighted by Crippen LogP contribution is 2.14. The molecule has 16 heavy (non-hydrogen) atoms. The molecule has 1 unspecified atom stereocenters. The van der Waals surface area contributed by atoms with Gasteiger partial charge in [0.15, 0.2) is 0 Å². The molecule has 5 heteroatoms. The zero-order chi connectivity index (χ0) is 11.2. The van der Waals surface area contributed by atoms with Gasteiger partial charge in [0, 0.05) is 26.4 Å². The largest absolute Gasteiger partial charge is 0.381 e. The van der Waals surface area contributed by atoms with Gasteiger partial charge in [0.25, 0.3) is 0 Å². The number of aromatic nitrogens is 2. The van der Waals surface area contributed by atoms with Crippen molar-refractivity contribution in [2.45, 2.75) is 12.8 Å². The minimum Gasteiger partial charge on any atom is -0.381 e. The fraction of sp³-hybridized carbons (Fsp3) is 0.636. The Balaban J connectivity index is 1.83. The summed E-state index contributed by atoms with van der Waals surface area (Å²) in [5.41, 5.74) is 0. The van der Waals surface area contributed by atoms with Crippen LogP contribution >= 0.6 is 0 Å². The Bertz CT molecular complexity index is 326. The summed E-state index contributed by atoms with van der Waals surface area (Å²) in [6.45, 7) is 2.69. The van der Waals surface area contributed by atoms with Crippen LogP contribution in [0.1, 0.15) is 12.8 Å². The summed E-state index contributed by atoms with van der Waals surface area (Å²) in [6, 6.07) is 1.88. The van der Waals surface area contributed by atoms with Crippen molar-refractivity contribution in [2.75, 3.05) is 37.4 Å². The number of nitrogens with one attached hydrogen (secondary N) is 2. The van der Waals surface area contributed by atoms with E-state index in [9.17, 15) is 0 Å². The lowest BCUT2D eigenvalue weighted by atomic mass is 10.0. The van der Waals surface area contributed by atoms with E-state index in [0.717, 1.165) is 32.0 Å². The molecule has 0 spiro atoms. The summed E-state index contributed by atoms with van der Waals surface area (Å²) >= 11 is 0. The van der Waals surface area contributed by atoms with E-state index in [0.29, 0.717) is 11.9 Å². The van der Waals surface area contributed by atoms with Crippen LogP contribution in [0, 0.1) is 5.92 Å². The number of hydrogen-bond donors (Lipinski definition) is 2. The van der Waals surface area contributed by atoms with E-state index in [4.69, 9.17) is 4.74 Å². The summed E-state index contributed by atoms with van der Waals surface area (Å²) in [6.07, 6.45) is 4.15. The van der Waals surface area contributed by atoms with Gasteiger partial charge in [-0.1, -0.05) is 0 Å². The van der Waals surface area contributed by atoms with Crippen molar-refractivity contribution in [2.24, 2.45) is 5.92 Å². The summed E-state index contributed by atoms with van der Waals surface area (Å²) in [5.74, 6) is 2.11. The molecule has 0 saturated carbocycles. The molecule has 1 aliphatic heterocycles. The van der Waals surface area contributed by atoms with Crippen LogP contribution in [0.25, 0.3) is 0 Å². The second-order valence-electron chi connectivity index (χ2n) is 3.98. The fourth-order valence-corrected chi connectivity index (χ4v) is 1.79. The van der Waals surface area contributed by atoms with Gasteiger partial charge in [0.2, 0.25) is 5.95 Å². The first-order chi connectivity index (χ1) is 7.88. The zero-order valence-electron chi connectivity index (χ0n) is 9.57. The molecule has 2 rings (SSSR count). The van der Waals surface area contributed by atoms with Crippen LogP contribution in [-0.2, 0) is 4.74 Å². The standard InChI is InChI=1S/C11H18N4O/c1-12-11-13-5-4-10(15-11)14-7-9-3-2-6-16-8-9/h4-5,9H,2-3,6-8H2,1H3,(H2,12,13,14,15). The molecule has 0 aromatic carbocycles. The Labute approximate surface area is 95.6 Å². The van der Waals surface area contributed by atoms with Gasteiger partial charge >= 0.3 is 0 Å². The Hall–Kier alpha value is -1.36. The lowest BCUT2D eigenvalue weighted by molar-refractivity contribution is 0.0595. The average Bonchev–Trinajstić information content (AvgIpc) is 2.38. The lowest BCUT2D eigenvalue weighted by Crippen LogP contribution is -2.24. The van der Waals surface area contributed by atoms with Crippen molar-refractivity contribution in [1.82, 2.24) is 9.97 Å². The smallest absolute Gasteiger partial charge is 0.224 e. The molecule has 0 aliphatic carbocycles. The van der Waals surface area contributed by atoms with Crippen LogP contribution in [0.15, 0.2) is 12.3 Å². The van der Waals surface area contributed by atoms with Crippen molar-refractivity contribution in [3.05, 3.63) is 12.3 Å². The summed E-state index contributed by atoms with van der Waals surface area (Å²) < 4.78 is 5.43. The van der Waals surface area contributed by atoms with Crippen molar-refractivity contribution in [3.63, 3.8) is 0 Å². The van der Waals surface area contributed by atoms with E-state index >= 15 is 0 Å². The Morgan fingerprint density at radius 2 is 2.50 bits per heavy atom. The quantitative estimate of drug-likeness (QED) is 0.805. The van der Waals surface area contributed by atoms with E-state index in [2.05, 4.69) is 20.6 Å². The number of rotatable bonds is 4. The van der Waals surface area contributed by atoms with E-state index < -0.39 is 0 Å². The van der Waals surface area contributed by atoms with Gasteiger partial charge in [0.1, 0.15) is 5.82 Å². The Kier molecular flexibility index (Phi) is 3.93. The molecule has 1 atom stereocenters. The van der Waals surface area contributed by atoms with Crippen LogP contribution in [0.2, 0.25) is 0 Å². The summed E-state index contributed by atoms with van der Waals surface area (Å²) in [4.78, 5) is 8.37. The maximum atomic E-state index is 5.43. The van der Waals surface area contributed by atoms with Gasteiger partial charge in [-0.2, -0.15) is 4.98 Å². The molecular weight excluding hydrogens is 204 g/mol. The number of nitrogens with zero attached hydrogens (tertiary/aromatic N) is 2. The second kappa shape index (κ2) is 5.65. The van der Waals surface area contributed by atoms with Crippen LogP contribution in [-0.4, -0.2) is 36.8 Å². The SMILES string of the molecule is CNc1nccc(NCC2CCCOC2)n1. The molecule has 1 aromatic heterocycles. The maximum Gasteiger partial charge on any atom is 0.224 e. The number of anilines is 2. The minimum atomic E-state index is 0.599. The monoisotopic (exact) mass is 222 g/mol. The van der Waals surface area contributed by atoms with Crippen LogP contribution in [0.5, 0.6) is 0 Å². The maximum absolute atomic E-state index is 5.43. The molecular formula is C11H18N4O. The van der Waals surface area contributed by atoms with Gasteiger partial charge in [-0.15, -0.1) is 0 Å². The molecule has 1 saturated heterocycles. The third-order valence-electron chi connectivity index (χ3n) is 2.71. The van der Waals surface area contributed by atoms with E-state index in [1.807, 2.05) is 13.1 Å². The van der Waals surface area contributed by atoms with Crippen LogP contribution < -0.4 is 10.6 Å². The van der Waals surface area contributed by atoms with Crippen molar-refractivity contribution >= 4 is 11.8 Å². The highest BCUT2D eigenvalue weighted by atomic mass is 16.5. The van der Waals surface area contributed by atoms with Gasteiger partial charge in [-0.05, 0) is 24.8 Å². The number of ether oxygens (including phenoxy) is 1. The molecule has 5 nitrogen and oxygen atoms in total. The van der Waals surface area contributed by atoms with Gasteiger partial charge < -0.3 is 15.4 Å². The predicted octanol–water partition coefficient (Wildman–Crippen LogP) is 1.36. The summed E-state index contributed by atoms with van der Waals surface area (Å²) in [5, 5.41) is 6.24. The Morgan fingerprint density at radius 1 is 1.56 bits per heavy atom. The van der Waals surface area contributed by atoms with Crippen molar-refractivity contribution in [3.8, 4) is 0 Å². The lowest BCUT2D eigenvalue weighted by Gasteiger charge is -2.22. The van der Waals surface area contributed by atoms with E-state index in [1.54, 1.807) is 6.20 Å². The van der Waals surface area contributed by atoms with Crippen molar-refractivity contribution < 1.29 is 4.74 Å². The topological polar surface area (TPSA) is 59.1 Å². The summed E-state index contributed by atoms with van der Waals surface area (Å²) in [7, 11) is 1.81. The Morgan fingerprint density at radius 3 is 3.25 bits per heavy atom. The molecule has 1 aliphatic rings. The van der Waals surface area contributed by atoms with Crippen LogP contribution in [0.4, 0.5) is 11.8 Å². The molecule has 88 valence electrons. The highest BCUT2D eigenvalue weighted by Gasteiger charge is 2.13. The zero-order valence-corrected chi connectivity index (χ0v) is 9.57. The second-order valence-corrected chi connectivity index (χ2v) is 3.98. The average molecular weight is 222 g/mol. The first-order valence-electron chi connectivity index (χ1n) is 5.71. The molecule has 1 aromatic rings. The third kappa shape index (κ3) is 3.06. The fourth-order valence-electron chi connectivity index (χ4n) is 1.79. The van der Waals surface area contributed by atoms with E-state index in [1.165, 1.54) is 6.42 Å². The molecule has 0 bridgehead atoms. The van der Waals surface area contributed by atoms with Crippen LogP contribution in [0.3, 0.4) is 0 Å². The van der Waals surface area contributed by atoms with Gasteiger partial charge in [-0.3, -0.25) is 0 Å². The number of hydrogen-bond acceptors (Lipinski definition) is 5. The van der Waals surface area contributed by atoms with Gasteiger partial charge in [0.05, 0.1) is 6.61 Å². The molecule has 1 fully saturated rings. The molecule has 2 heterocycles. The normalized spacial score (nSPS) is 20.4. The van der Waals surface area contributed by atoms with Gasteiger partial charge in [-0.25, -0.2) is 4.98 Å². The molecule has 0 radical (unpaired) electrons.